The molecule has 0 atom stereocenters. The Balaban J connectivity index is 1.92. The van der Waals surface area contributed by atoms with Crippen LogP contribution in [0.2, 0.25) is 0 Å². The molecule has 0 fully saturated rings. The van der Waals surface area contributed by atoms with Crippen LogP contribution in [-0.2, 0) is 11.2 Å². The van der Waals surface area contributed by atoms with Crippen molar-refractivity contribution >= 4 is 5.97 Å². The van der Waals surface area contributed by atoms with Gasteiger partial charge in [-0.2, -0.15) is 0 Å². The summed E-state index contributed by atoms with van der Waals surface area (Å²) in [4.78, 5) is 12.3. The number of esters is 1. The molecule has 0 bridgehead atoms. The molecule has 0 N–H and O–H groups in total. The molecule has 0 saturated heterocycles. The van der Waals surface area contributed by atoms with Crippen molar-refractivity contribution in [1.82, 2.24) is 0 Å². The maximum atomic E-state index is 15.0. The number of carbonyl (C=O) groups excluding carboxylic acids is 1. The van der Waals surface area contributed by atoms with Crippen LogP contribution in [0.3, 0.4) is 0 Å². The van der Waals surface area contributed by atoms with Crippen molar-refractivity contribution in [2.75, 3.05) is 6.61 Å². The van der Waals surface area contributed by atoms with Gasteiger partial charge in [-0.1, -0.05) is 75.2 Å². The quantitative estimate of drug-likeness (QED) is 0.304. The van der Waals surface area contributed by atoms with Gasteiger partial charge in [0.25, 0.3) is 0 Å². The first-order valence-electron chi connectivity index (χ1n) is 10.3. The number of carbonyl (C=O) groups is 1. The lowest BCUT2D eigenvalue weighted by Gasteiger charge is -2.13. The lowest BCUT2D eigenvalue weighted by Crippen LogP contribution is -2.07. The molecule has 3 aromatic carbocycles. The van der Waals surface area contributed by atoms with E-state index in [0.29, 0.717) is 17.7 Å². The molecule has 0 saturated carbocycles. The third-order valence-electron chi connectivity index (χ3n) is 4.96. The molecule has 150 valence electrons. The molecule has 0 aromatic heterocycles. The number of halogens is 1. The number of unbranched alkanes of at least 4 members (excludes halogenated alkanes) is 1. The molecule has 0 aliphatic rings. The van der Waals surface area contributed by atoms with Crippen LogP contribution >= 0.6 is 0 Å². The highest BCUT2D eigenvalue weighted by molar-refractivity contribution is 5.90. The van der Waals surface area contributed by atoms with Crippen molar-refractivity contribution in [2.45, 2.75) is 39.5 Å². The van der Waals surface area contributed by atoms with Crippen LogP contribution in [0, 0.1) is 5.82 Å². The summed E-state index contributed by atoms with van der Waals surface area (Å²) in [7, 11) is 0. The number of aryl methyl sites for hydroxylation is 1. The molecule has 0 aliphatic heterocycles. The van der Waals surface area contributed by atoms with Gasteiger partial charge in [-0.25, -0.2) is 9.18 Å². The van der Waals surface area contributed by atoms with Gasteiger partial charge in [0.2, 0.25) is 0 Å². The summed E-state index contributed by atoms with van der Waals surface area (Å²) in [5, 5.41) is 0. The van der Waals surface area contributed by atoms with E-state index in [1.165, 1.54) is 0 Å². The zero-order chi connectivity index (χ0) is 20.6. The lowest BCUT2D eigenvalue weighted by molar-refractivity contribution is 0.0499. The van der Waals surface area contributed by atoms with Gasteiger partial charge in [-0.05, 0) is 53.3 Å². The summed E-state index contributed by atoms with van der Waals surface area (Å²) < 4.78 is 20.3. The maximum absolute atomic E-state index is 15.0. The van der Waals surface area contributed by atoms with Crippen LogP contribution in [0.4, 0.5) is 4.39 Å². The maximum Gasteiger partial charge on any atom is 0.338 e. The number of rotatable bonds is 8. The Morgan fingerprint density at radius 3 is 2.31 bits per heavy atom. The van der Waals surface area contributed by atoms with Crippen LogP contribution in [0.25, 0.3) is 22.3 Å². The van der Waals surface area contributed by atoms with E-state index >= 15 is 4.39 Å². The van der Waals surface area contributed by atoms with Crippen molar-refractivity contribution < 1.29 is 13.9 Å². The molecule has 29 heavy (non-hydrogen) atoms. The van der Waals surface area contributed by atoms with Crippen LogP contribution in [-0.4, -0.2) is 12.6 Å². The first kappa shape index (κ1) is 20.8. The van der Waals surface area contributed by atoms with Gasteiger partial charge in [0.1, 0.15) is 5.82 Å². The van der Waals surface area contributed by atoms with Crippen LogP contribution < -0.4 is 0 Å². The van der Waals surface area contributed by atoms with Crippen molar-refractivity contribution in [1.29, 1.82) is 0 Å². The van der Waals surface area contributed by atoms with Gasteiger partial charge in [-0.3, -0.25) is 0 Å². The van der Waals surface area contributed by atoms with E-state index in [1.54, 1.807) is 12.1 Å². The minimum Gasteiger partial charge on any atom is -0.462 e. The van der Waals surface area contributed by atoms with Gasteiger partial charge in [0.15, 0.2) is 0 Å². The number of hydrogen-bond acceptors (Lipinski definition) is 2. The van der Waals surface area contributed by atoms with Crippen LogP contribution in [0.1, 0.15) is 49.0 Å². The van der Waals surface area contributed by atoms with E-state index in [2.05, 4.69) is 13.8 Å². The average Bonchev–Trinajstić information content (AvgIpc) is 2.75. The minimum atomic E-state index is -0.317. The highest BCUT2D eigenvalue weighted by Gasteiger charge is 2.15. The van der Waals surface area contributed by atoms with Gasteiger partial charge in [-0.15, -0.1) is 0 Å². The van der Waals surface area contributed by atoms with Crippen LogP contribution in [0.15, 0.2) is 66.7 Å². The predicted molar refractivity (Wildman–Crippen MR) is 116 cm³/mol. The van der Waals surface area contributed by atoms with Crippen molar-refractivity contribution in [2.24, 2.45) is 0 Å². The second kappa shape index (κ2) is 10.0. The Bertz CT molecular complexity index is 964. The fourth-order valence-corrected chi connectivity index (χ4v) is 3.40. The molecule has 3 aromatic rings. The fraction of sp³-hybridized carbons (Fsp3) is 0.269. The highest BCUT2D eigenvalue weighted by atomic mass is 19.1. The third-order valence-corrected chi connectivity index (χ3v) is 4.96. The van der Waals surface area contributed by atoms with Crippen molar-refractivity contribution in [3.63, 3.8) is 0 Å². The standard InChI is InChI=1S/C26H27FO2/c1-3-5-16-29-26(28)22-13-14-23(21(17-22)9-4-2)24-15-12-20(18-25(24)27)19-10-7-6-8-11-19/h6-8,10-15,17-18H,3-5,9,16H2,1-2H3. The summed E-state index contributed by atoms with van der Waals surface area (Å²) in [5.74, 6) is -0.579. The average molecular weight is 390 g/mol. The van der Waals surface area contributed by atoms with E-state index in [1.807, 2.05) is 54.6 Å². The summed E-state index contributed by atoms with van der Waals surface area (Å²) in [6.45, 7) is 4.56. The van der Waals surface area contributed by atoms with E-state index in [4.69, 9.17) is 4.74 Å². The molecule has 0 radical (unpaired) electrons. The summed E-state index contributed by atoms with van der Waals surface area (Å²) in [6.07, 6.45) is 3.51. The Morgan fingerprint density at radius 1 is 0.862 bits per heavy atom. The summed E-state index contributed by atoms with van der Waals surface area (Å²) in [5.41, 5.74) is 4.70. The molecule has 0 unspecified atom stereocenters. The first-order valence-corrected chi connectivity index (χ1v) is 10.3. The first-order chi connectivity index (χ1) is 14.1. The zero-order valence-electron chi connectivity index (χ0n) is 17.1. The van der Waals surface area contributed by atoms with E-state index in [9.17, 15) is 4.79 Å². The monoisotopic (exact) mass is 390 g/mol. The topological polar surface area (TPSA) is 26.3 Å². The molecule has 0 aliphatic carbocycles. The summed E-state index contributed by atoms with van der Waals surface area (Å²) in [6, 6.07) is 20.5. The largest absolute Gasteiger partial charge is 0.462 e. The third kappa shape index (κ3) is 5.11. The van der Waals surface area contributed by atoms with Crippen molar-refractivity contribution in [3.05, 3.63) is 83.7 Å². The lowest BCUT2D eigenvalue weighted by atomic mass is 9.93. The Kier molecular flexibility index (Phi) is 7.18. The van der Waals surface area contributed by atoms with E-state index < -0.39 is 0 Å². The minimum absolute atomic E-state index is 0.262. The molecule has 0 amide bonds. The Morgan fingerprint density at radius 2 is 1.62 bits per heavy atom. The molecule has 2 nitrogen and oxygen atoms in total. The second-order valence-electron chi connectivity index (χ2n) is 7.17. The molecular weight excluding hydrogens is 363 g/mol. The number of ether oxygens (including phenoxy) is 1. The summed E-state index contributed by atoms with van der Waals surface area (Å²) >= 11 is 0. The normalized spacial score (nSPS) is 10.7. The molecule has 0 spiro atoms. The van der Waals surface area contributed by atoms with E-state index in [0.717, 1.165) is 47.9 Å². The van der Waals surface area contributed by atoms with Gasteiger partial charge < -0.3 is 4.74 Å². The fourth-order valence-electron chi connectivity index (χ4n) is 3.40. The molecule has 3 rings (SSSR count). The van der Waals surface area contributed by atoms with Crippen molar-refractivity contribution in [3.8, 4) is 22.3 Å². The van der Waals surface area contributed by atoms with Gasteiger partial charge in [0, 0.05) is 5.56 Å². The SMILES string of the molecule is CCCCOC(=O)c1ccc(-c2ccc(-c3ccccc3)cc2F)c(CCC)c1. The van der Waals surface area contributed by atoms with E-state index in [-0.39, 0.29) is 11.8 Å². The second-order valence-corrected chi connectivity index (χ2v) is 7.17. The van der Waals surface area contributed by atoms with Gasteiger partial charge >= 0.3 is 5.97 Å². The zero-order valence-corrected chi connectivity index (χ0v) is 17.1. The van der Waals surface area contributed by atoms with Crippen LogP contribution in [0.5, 0.6) is 0 Å². The number of hydrogen-bond donors (Lipinski definition) is 0. The molecule has 0 heterocycles. The molecule has 3 heteroatoms. The highest BCUT2D eigenvalue weighted by Crippen LogP contribution is 2.31. The van der Waals surface area contributed by atoms with Gasteiger partial charge in [0.05, 0.1) is 12.2 Å². The Hall–Kier alpha value is -2.94. The Labute approximate surface area is 172 Å². The predicted octanol–water partition coefficient (Wildman–Crippen LogP) is 7.07. The molecular formula is C26H27FO2. The smallest absolute Gasteiger partial charge is 0.338 e. The number of benzene rings is 3.